The molecule has 15 heteroatoms. The number of esters is 1. The van der Waals surface area contributed by atoms with Crippen LogP contribution in [0.3, 0.4) is 0 Å². The van der Waals surface area contributed by atoms with Crippen LogP contribution in [-0.2, 0) is 43.3 Å². The molecule has 15 nitrogen and oxygen atoms in total. The number of hydrogen-bond donors (Lipinski definition) is 5. The summed E-state index contributed by atoms with van der Waals surface area (Å²) < 4.78 is 31.3. The fourth-order valence-corrected chi connectivity index (χ4v) is 12.2. The van der Waals surface area contributed by atoms with Crippen molar-refractivity contribution in [3.63, 3.8) is 0 Å². The van der Waals surface area contributed by atoms with Crippen LogP contribution in [0.5, 0.6) is 17.2 Å². The minimum atomic E-state index is -1.44. The van der Waals surface area contributed by atoms with Crippen molar-refractivity contribution in [1.29, 1.82) is 0 Å². The van der Waals surface area contributed by atoms with E-state index in [1.165, 1.54) is 0 Å². The van der Waals surface area contributed by atoms with E-state index in [1.807, 2.05) is 18.2 Å². The predicted molar refractivity (Wildman–Crippen MR) is 245 cm³/mol. The highest BCUT2D eigenvalue weighted by molar-refractivity contribution is 6.11. The van der Waals surface area contributed by atoms with E-state index < -0.39 is 54.4 Å². The second-order valence-electron chi connectivity index (χ2n) is 19.2. The van der Waals surface area contributed by atoms with Gasteiger partial charge in [0.05, 0.1) is 55.0 Å². The van der Waals surface area contributed by atoms with Gasteiger partial charge in [0, 0.05) is 87.2 Å². The summed E-state index contributed by atoms with van der Waals surface area (Å²) in [5, 5.41) is 58.5. The van der Waals surface area contributed by atoms with Crippen LogP contribution in [0.2, 0.25) is 0 Å². The zero-order chi connectivity index (χ0) is 47.0. The summed E-state index contributed by atoms with van der Waals surface area (Å²) in [6, 6.07) is 4.01. The molecule has 2 bridgehead atoms. The van der Waals surface area contributed by atoms with Gasteiger partial charge in [-0.05, 0) is 99.2 Å². The van der Waals surface area contributed by atoms with E-state index in [1.54, 1.807) is 14.0 Å². The summed E-state index contributed by atoms with van der Waals surface area (Å²) in [5.41, 5.74) is 2.02. The monoisotopic (exact) mass is 924 g/mol. The first kappa shape index (κ1) is 47.3. The average molecular weight is 925 g/mol. The number of hydrogen-bond acceptors (Lipinski definition) is 15. The molecule has 1 saturated carbocycles. The third kappa shape index (κ3) is 8.48. The van der Waals surface area contributed by atoms with E-state index in [0.717, 1.165) is 47.8 Å². The Morgan fingerprint density at radius 2 is 1.90 bits per heavy atom. The Kier molecular flexibility index (Phi) is 14.2. The first-order valence-corrected chi connectivity index (χ1v) is 24.2. The molecule has 0 aromatic heterocycles. The molecular weight excluding hydrogens is 861 g/mol. The molecule has 5 aliphatic heterocycles. The van der Waals surface area contributed by atoms with Crippen LogP contribution in [0.15, 0.2) is 46.2 Å². The molecule has 2 aliphatic carbocycles. The number of ketones is 1. The zero-order valence-corrected chi connectivity index (χ0v) is 38.5. The van der Waals surface area contributed by atoms with Gasteiger partial charge < -0.3 is 54.1 Å². The Morgan fingerprint density at radius 1 is 1.04 bits per heavy atom. The van der Waals surface area contributed by atoms with Crippen molar-refractivity contribution in [3.8, 4) is 17.2 Å². The highest BCUT2D eigenvalue weighted by Crippen LogP contribution is 2.59. The van der Waals surface area contributed by atoms with E-state index in [0.29, 0.717) is 62.7 Å². The Morgan fingerprint density at radius 3 is 2.64 bits per heavy atom. The molecule has 0 spiro atoms. The number of benzene rings is 2. The van der Waals surface area contributed by atoms with E-state index in [2.05, 4.69) is 22.0 Å². The third-order valence-corrected chi connectivity index (χ3v) is 15.5. The summed E-state index contributed by atoms with van der Waals surface area (Å²) in [5.74, 6) is -3.55. The van der Waals surface area contributed by atoms with Crippen molar-refractivity contribution in [2.24, 2.45) is 34.6 Å². The molecule has 67 heavy (non-hydrogen) atoms. The number of aldehydes is 1. The van der Waals surface area contributed by atoms with Gasteiger partial charge in [0.15, 0.2) is 6.29 Å². The predicted octanol–water partition coefficient (Wildman–Crippen LogP) is 2.41. The summed E-state index contributed by atoms with van der Waals surface area (Å²) >= 11 is 0. The van der Waals surface area contributed by atoms with Crippen LogP contribution < -0.4 is 24.8 Å². The molecule has 0 unspecified atom stereocenters. The van der Waals surface area contributed by atoms with E-state index in [9.17, 15) is 39.9 Å². The number of methoxy groups -OCH3 is 1. The number of carbonyl (C=O) groups is 3. The SMILES string of the molecule is CCOC(=O)C1=C(C=O)/C2=C3/C[C@H](CO)C(=O)[C@H](C3)c3cc4c(cc3CC[C@@H](CO)COc3c5c(c(CO)c(c32)O1)O[C@H]([C@@]1(O)[C@H](CCCO)C=C[C@@H]2CN(CCCOC)CC[C@@H]21)C5)=NCC=4. The molecule has 1 saturated heterocycles. The summed E-state index contributed by atoms with van der Waals surface area (Å²) in [7, 11) is 1.70. The van der Waals surface area contributed by atoms with Crippen LogP contribution >= 0.6 is 0 Å². The second-order valence-corrected chi connectivity index (χ2v) is 19.2. The van der Waals surface area contributed by atoms with Crippen molar-refractivity contribution in [2.45, 2.75) is 88.9 Å². The number of likely N-dealkylation sites (tertiary alicyclic amines) is 1. The lowest BCUT2D eigenvalue weighted by atomic mass is 9.60. The van der Waals surface area contributed by atoms with Crippen molar-refractivity contribution >= 4 is 29.7 Å². The van der Waals surface area contributed by atoms with E-state index >= 15 is 0 Å². The summed E-state index contributed by atoms with van der Waals surface area (Å²) in [6.45, 7) is 3.80. The molecular formula is C52H64N2O13. The van der Waals surface area contributed by atoms with Crippen LogP contribution in [0.4, 0.5) is 0 Å². The highest BCUT2D eigenvalue weighted by atomic mass is 16.6. The number of rotatable bonds is 14. The molecule has 5 heterocycles. The molecule has 360 valence electrons. The summed E-state index contributed by atoms with van der Waals surface area (Å²) in [4.78, 5) is 49.2. The molecule has 5 N–H and O–H groups in total. The lowest BCUT2D eigenvalue weighted by molar-refractivity contribution is -0.154. The number of fused-ring (bicyclic) bond motifs is 8. The third-order valence-electron chi connectivity index (χ3n) is 15.5. The van der Waals surface area contributed by atoms with Gasteiger partial charge in [-0.3, -0.25) is 14.6 Å². The maximum Gasteiger partial charge on any atom is 0.375 e. The number of aryl methyl sites for hydroxylation is 1. The van der Waals surface area contributed by atoms with Crippen LogP contribution in [-0.4, -0.2) is 133 Å². The maximum absolute atomic E-state index is 14.5. The number of Topliss-reactive ketones (excluding diaryl/α,β-unsaturated/α-hetero) is 1. The number of ether oxygens (including phenoxy) is 5. The lowest BCUT2D eigenvalue weighted by Crippen LogP contribution is -2.62. The van der Waals surface area contributed by atoms with Gasteiger partial charge in [-0.15, -0.1) is 0 Å². The van der Waals surface area contributed by atoms with Crippen molar-refractivity contribution < 1.29 is 63.6 Å². The van der Waals surface area contributed by atoms with Crippen molar-refractivity contribution in [3.05, 3.63) is 79.6 Å². The molecule has 2 fully saturated rings. The largest absolute Gasteiger partial charge is 0.492 e. The molecule has 0 radical (unpaired) electrons. The summed E-state index contributed by atoms with van der Waals surface area (Å²) in [6.07, 6.45) is 9.82. The first-order chi connectivity index (χ1) is 32.6. The fraction of sp³-hybridized carbons (Fsp3) is 0.577. The number of carbonyl (C=O) groups excluding carboxylic acids is 3. The van der Waals surface area contributed by atoms with E-state index in [4.69, 9.17) is 23.7 Å². The number of aliphatic hydroxyl groups excluding tert-OH is 4. The van der Waals surface area contributed by atoms with Gasteiger partial charge in [0.25, 0.3) is 0 Å². The number of nitrogens with zero attached hydrogens (tertiary/aromatic N) is 2. The molecule has 2 aromatic rings. The molecule has 9 rings (SSSR count). The van der Waals surface area contributed by atoms with Gasteiger partial charge in [0.2, 0.25) is 5.76 Å². The van der Waals surface area contributed by atoms with Gasteiger partial charge in [-0.1, -0.05) is 23.8 Å². The second kappa shape index (κ2) is 20.1. The van der Waals surface area contributed by atoms with Gasteiger partial charge in [-0.25, -0.2) is 4.79 Å². The maximum atomic E-state index is 14.5. The zero-order valence-electron chi connectivity index (χ0n) is 38.5. The van der Waals surface area contributed by atoms with Gasteiger partial charge in [0.1, 0.15) is 34.7 Å². The number of allylic oxidation sites excluding steroid dienone is 3. The normalized spacial score (nSPS) is 29.8. The fourth-order valence-electron chi connectivity index (χ4n) is 12.2. The van der Waals surface area contributed by atoms with Crippen LogP contribution in [0, 0.1) is 29.6 Å². The molecule has 2 aromatic carbocycles. The van der Waals surface area contributed by atoms with Crippen LogP contribution in [0.25, 0.3) is 11.6 Å². The Labute approximate surface area is 390 Å². The molecule has 8 atom stereocenters. The minimum absolute atomic E-state index is 0.00412. The lowest BCUT2D eigenvalue weighted by Gasteiger charge is -2.53. The Bertz CT molecular complexity index is 2500. The van der Waals surface area contributed by atoms with Gasteiger partial charge >= 0.3 is 5.97 Å². The molecule has 0 amide bonds. The smallest absolute Gasteiger partial charge is 0.375 e. The van der Waals surface area contributed by atoms with E-state index in [-0.39, 0.29) is 109 Å². The minimum Gasteiger partial charge on any atom is -0.492 e. The Hall–Kier alpha value is -4.74. The molecule has 7 aliphatic rings. The highest BCUT2D eigenvalue weighted by Gasteiger charge is 2.58. The number of piperidine rings is 1. The van der Waals surface area contributed by atoms with Gasteiger partial charge in [-0.2, -0.15) is 0 Å². The quantitative estimate of drug-likeness (QED) is 0.0798. The average Bonchev–Trinajstić information content (AvgIpc) is 4.01. The standard InChI is InChI=1S/C52H64N2O13/c1-3-64-51(61)50-39(26-58)44-33-18-34(25-57)46(60)37(20-33)36-19-31-11-13-53-42(31)21-30(36)8-7-29(24-56)28-65-48-38-22-43(66-47(38)40(27-59)49(67-50)45(44)48)52(62)35(6-4-16-55)10-9-32-23-54(14-5-17-63-2)15-12-41(32)52/h9-11,19,21,26,29,32,34-35,37,41,43,55-57,59,62H,3-8,12-18,20,22-25,27-28H2,1-2H3/b44-33+/t29-,32+,34+,35+,37+,41-,43-,52+/m0/s1. The first-order valence-electron chi connectivity index (χ1n) is 24.2. The van der Waals surface area contributed by atoms with Crippen LogP contribution in [0.1, 0.15) is 85.6 Å². The topological polar surface area (TPSA) is 214 Å². The Balaban J connectivity index is 1.24. The van der Waals surface area contributed by atoms with Crippen molar-refractivity contribution in [1.82, 2.24) is 4.90 Å². The number of aliphatic hydroxyl groups is 5. The van der Waals surface area contributed by atoms with Crippen molar-refractivity contribution in [2.75, 3.05) is 72.9 Å².